The number of amides is 1. The molecule has 1 amide bonds. The summed E-state index contributed by atoms with van der Waals surface area (Å²) in [5, 5.41) is 9.69. The first-order valence-electron chi connectivity index (χ1n) is 4.89. The molecule has 0 bridgehead atoms. The van der Waals surface area contributed by atoms with Gasteiger partial charge < -0.3 is 4.90 Å². The third-order valence-electron chi connectivity index (χ3n) is 2.44. The molecule has 90 valence electrons. The zero-order valence-electron chi connectivity index (χ0n) is 9.25. The number of carbonyl (C=O) groups is 1. The highest BCUT2D eigenvalue weighted by Crippen LogP contribution is 2.25. The molecule has 2 rings (SSSR count). The molecule has 7 heteroatoms. The summed E-state index contributed by atoms with van der Waals surface area (Å²) in [6, 6.07) is 3.99. The van der Waals surface area contributed by atoms with Crippen molar-refractivity contribution in [3.05, 3.63) is 31.9 Å². The van der Waals surface area contributed by atoms with Gasteiger partial charge in [0.05, 0.1) is 6.04 Å². The number of halogens is 1. The van der Waals surface area contributed by atoms with E-state index in [-0.39, 0.29) is 16.4 Å². The smallest absolute Gasteiger partial charge is 0.285 e. The van der Waals surface area contributed by atoms with Crippen LogP contribution in [0.3, 0.4) is 0 Å². The summed E-state index contributed by atoms with van der Waals surface area (Å²) in [5.74, 6) is -0.157. The summed E-state index contributed by atoms with van der Waals surface area (Å²) >= 11 is 8.38. The highest BCUT2D eigenvalue weighted by molar-refractivity contribution is 7.17. The average Bonchev–Trinajstić information content (AvgIpc) is 2.96. The Hall–Kier alpha value is -0.980. The number of aromatic nitrogens is 2. The first-order chi connectivity index (χ1) is 8.09. The van der Waals surface area contributed by atoms with Gasteiger partial charge in [0.25, 0.3) is 5.91 Å². The van der Waals surface area contributed by atoms with Crippen LogP contribution < -0.4 is 0 Å². The van der Waals surface area contributed by atoms with Crippen molar-refractivity contribution in [2.45, 2.75) is 13.0 Å². The van der Waals surface area contributed by atoms with Crippen LogP contribution in [0.15, 0.2) is 17.5 Å². The molecule has 0 saturated heterocycles. The van der Waals surface area contributed by atoms with E-state index in [4.69, 9.17) is 11.6 Å². The molecule has 0 saturated carbocycles. The maximum absolute atomic E-state index is 12.1. The largest absolute Gasteiger partial charge is 0.332 e. The van der Waals surface area contributed by atoms with E-state index in [2.05, 4.69) is 10.2 Å². The fourth-order valence-electron chi connectivity index (χ4n) is 1.34. The van der Waals surface area contributed by atoms with Crippen LogP contribution in [0, 0.1) is 0 Å². The SMILES string of the molecule is CC(c1cccs1)N(C)C(=O)c1nnc(Cl)s1. The maximum atomic E-state index is 12.1. The van der Waals surface area contributed by atoms with Crippen LogP contribution in [0.25, 0.3) is 0 Å². The summed E-state index contributed by atoms with van der Waals surface area (Å²) in [5.41, 5.74) is 0. The molecule has 0 N–H and O–H groups in total. The minimum absolute atomic E-state index is 0.0187. The molecule has 17 heavy (non-hydrogen) atoms. The second kappa shape index (κ2) is 5.12. The van der Waals surface area contributed by atoms with E-state index >= 15 is 0 Å². The highest BCUT2D eigenvalue weighted by atomic mass is 35.5. The van der Waals surface area contributed by atoms with Crippen LogP contribution in [0.5, 0.6) is 0 Å². The lowest BCUT2D eigenvalue weighted by Crippen LogP contribution is -2.29. The third-order valence-corrected chi connectivity index (χ3v) is 4.49. The van der Waals surface area contributed by atoms with Crippen molar-refractivity contribution in [1.82, 2.24) is 15.1 Å². The van der Waals surface area contributed by atoms with Gasteiger partial charge in [-0.2, -0.15) is 0 Å². The van der Waals surface area contributed by atoms with Crippen molar-refractivity contribution in [3.8, 4) is 0 Å². The normalized spacial score (nSPS) is 12.4. The first kappa shape index (κ1) is 12.5. The fraction of sp³-hybridized carbons (Fsp3) is 0.300. The van der Waals surface area contributed by atoms with E-state index < -0.39 is 0 Å². The minimum Gasteiger partial charge on any atom is -0.332 e. The van der Waals surface area contributed by atoms with Crippen molar-refractivity contribution >= 4 is 40.2 Å². The van der Waals surface area contributed by atoms with E-state index in [1.54, 1.807) is 23.3 Å². The molecule has 1 unspecified atom stereocenters. The lowest BCUT2D eigenvalue weighted by atomic mass is 10.2. The number of thiophene rings is 1. The molecule has 0 fully saturated rings. The van der Waals surface area contributed by atoms with Gasteiger partial charge in [0, 0.05) is 11.9 Å². The minimum atomic E-state index is -0.157. The molecule has 0 aliphatic rings. The molecule has 0 spiro atoms. The second-order valence-corrected chi connectivity index (χ2v) is 6.01. The van der Waals surface area contributed by atoms with Crippen molar-refractivity contribution in [2.24, 2.45) is 0 Å². The van der Waals surface area contributed by atoms with Crippen molar-refractivity contribution in [3.63, 3.8) is 0 Å². The van der Waals surface area contributed by atoms with Crippen LogP contribution in [-0.4, -0.2) is 28.1 Å². The summed E-state index contributed by atoms with van der Waals surface area (Å²) in [7, 11) is 1.75. The van der Waals surface area contributed by atoms with Gasteiger partial charge in [0.2, 0.25) is 9.47 Å². The lowest BCUT2D eigenvalue weighted by Gasteiger charge is -2.22. The molecule has 1 atom stereocenters. The van der Waals surface area contributed by atoms with Gasteiger partial charge in [-0.25, -0.2) is 0 Å². The molecule has 0 aromatic carbocycles. The number of carbonyl (C=O) groups excluding carboxylic acids is 1. The zero-order valence-corrected chi connectivity index (χ0v) is 11.6. The third kappa shape index (κ3) is 2.65. The van der Waals surface area contributed by atoms with Gasteiger partial charge in [0.1, 0.15) is 0 Å². The number of hydrogen-bond donors (Lipinski definition) is 0. The van der Waals surface area contributed by atoms with Crippen molar-refractivity contribution in [2.75, 3.05) is 7.05 Å². The van der Waals surface area contributed by atoms with Crippen LogP contribution in [0.4, 0.5) is 0 Å². The Balaban J connectivity index is 2.15. The van der Waals surface area contributed by atoms with Crippen LogP contribution in [0.2, 0.25) is 4.47 Å². The first-order valence-corrected chi connectivity index (χ1v) is 6.96. The van der Waals surface area contributed by atoms with E-state index in [0.29, 0.717) is 5.01 Å². The molecule has 0 aliphatic heterocycles. The monoisotopic (exact) mass is 287 g/mol. The molecule has 0 aliphatic carbocycles. The predicted molar refractivity (Wildman–Crippen MR) is 69.7 cm³/mol. The van der Waals surface area contributed by atoms with Gasteiger partial charge in [-0.3, -0.25) is 4.79 Å². The Kier molecular flexibility index (Phi) is 3.76. The van der Waals surface area contributed by atoms with Gasteiger partial charge >= 0.3 is 0 Å². The molecular weight excluding hydrogens is 278 g/mol. The number of rotatable bonds is 3. The molecule has 2 heterocycles. The molecule has 2 aromatic heterocycles. The highest BCUT2D eigenvalue weighted by Gasteiger charge is 2.22. The summed E-state index contributed by atoms with van der Waals surface area (Å²) < 4.78 is 0.283. The Morgan fingerprint density at radius 3 is 2.82 bits per heavy atom. The average molecular weight is 288 g/mol. The maximum Gasteiger partial charge on any atom is 0.285 e. The van der Waals surface area contributed by atoms with Crippen LogP contribution in [0.1, 0.15) is 27.6 Å². The van der Waals surface area contributed by atoms with Gasteiger partial charge in [0.15, 0.2) is 0 Å². The summed E-state index contributed by atoms with van der Waals surface area (Å²) in [6.07, 6.45) is 0. The Labute approximate surface area is 112 Å². The lowest BCUT2D eigenvalue weighted by molar-refractivity contribution is 0.0743. The number of hydrogen-bond acceptors (Lipinski definition) is 5. The van der Waals surface area contributed by atoms with E-state index in [0.717, 1.165) is 16.2 Å². The molecule has 2 aromatic rings. The molecule has 4 nitrogen and oxygen atoms in total. The van der Waals surface area contributed by atoms with Crippen LogP contribution in [-0.2, 0) is 0 Å². The van der Waals surface area contributed by atoms with Gasteiger partial charge in [-0.1, -0.05) is 17.4 Å². The van der Waals surface area contributed by atoms with Crippen molar-refractivity contribution < 1.29 is 4.79 Å². The number of nitrogens with zero attached hydrogens (tertiary/aromatic N) is 3. The van der Waals surface area contributed by atoms with Gasteiger partial charge in [-0.15, -0.1) is 21.5 Å². The van der Waals surface area contributed by atoms with Gasteiger partial charge in [-0.05, 0) is 30.0 Å². The van der Waals surface area contributed by atoms with E-state index in [9.17, 15) is 4.79 Å². The Bertz CT molecular complexity index is 511. The second-order valence-electron chi connectivity index (χ2n) is 3.47. The molecular formula is C10H10ClN3OS2. The summed E-state index contributed by atoms with van der Waals surface area (Å²) in [6.45, 7) is 1.98. The zero-order chi connectivity index (χ0) is 12.4. The Morgan fingerprint density at radius 1 is 1.53 bits per heavy atom. The van der Waals surface area contributed by atoms with Crippen LogP contribution >= 0.6 is 34.3 Å². The summed E-state index contributed by atoms with van der Waals surface area (Å²) in [4.78, 5) is 14.9. The molecule has 0 radical (unpaired) electrons. The van der Waals surface area contributed by atoms with E-state index in [1.165, 1.54) is 0 Å². The van der Waals surface area contributed by atoms with E-state index in [1.807, 2.05) is 24.4 Å². The topological polar surface area (TPSA) is 46.1 Å². The standard InChI is InChI=1S/C10H10ClN3OS2/c1-6(7-4-3-5-16-7)14(2)9(15)8-12-13-10(11)17-8/h3-6H,1-2H3. The fourth-order valence-corrected chi connectivity index (χ4v) is 2.98. The van der Waals surface area contributed by atoms with Crippen molar-refractivity contribution in [1.29, 1.82) is 0 Å². The Morgan fingerprint density at radius 2 is 2.29 bits per heavy atom. The quantitative estimate of drug-likeness (QED) is 0.871. The predicted octanol–water partition coefficient (Wildman–Crippen LogP) is 3.09.